The van der Waals surface area contributed by atoms with E-state index in [9.17, 15) is 4.79 Å². The molecule has 7 nitrogen and oxygen atoms in total. The van der Waals surface area contributed by atoms with E-state index in [2.05, 4.69) is 28.2 Å². The standard InChI is InChI=1S/C19H23N5O2S2/c1-3-26-17(25)11-16-21-24(19(27)22(16)2)12-23-10-6-8-14(23)18-20-13-7-4-5-9-15(13)28-18/h4-5,7,9,14H,3,6,8,10-12H2,1-2H3/t14-/m0/s1. The summed E-state index contributed by atoms with van der Waals surface area (Å²) in [6.07, 6.45) is 2.33. The average molecular weight is 418 g/mol. The Morgan fingerprint density at radius 3 is 3.00 bits per heavy atom. The van der Waals surface area contributed by atoms with E-state index in [-0.39, 0.29) is 18.4 Å². The number of para-hydroxylation sites is 1. The number of ether oxygens (including phenoxy) is 1. The van der Waals surface area contributed by atoms with E-state index in [1.54, 1.807) is 27.5 Å². The number of fused-ring (bicyclic) bond motifs is 1. The lowest BCUT2D eigenvalue weighted by Gasteiger charge is -2.22. The number of thiazole rings is 1. The van der Waals surface area contributed by atoms with Crippen LogP contribution < -0.4 is 0 Å². The van der Waals surface area contributed by atoms with E-state index < -0.39 is 0 Å². The van der Waals surface area contributed by atoms with Gasteiger partial charge in [0.05, 0.1) is 29.5 Å². The summed E-state index contributed by atoms with van der Waals surface area (Å²) in [5.74, 6) is 0.338. The van der Waals surface area contributed by atoms with Crippen LogP contribution in [0.3, 0.4) is 0 Å². The first-order valence-corrected chi connectivity index (χ1v) is 10.7. The Balaban J connectivity index is 1.54. The van der Waals surface area contributed by atoms with E-state index in [0.717, 1.165) is 29.9 Å². The molecule has 0 aliphatic carbocycles. The Morgan fingerprint density at radius 1 is 1.39 bits per heavy atom. The molecule has 28 heavy (non-hydrogen) atoms. The minimum absolute atomic E-state index is 0.127. The molecule has 0 bridgehead atoms. The van der Waals surface area contributed by atoms with Crippen LogP contribution in [0.25, 0.3) is 10.2 Å². The van der Waals surface area contributed by atoms with Gasteiger partial charge in [0.25, 0.3) is 0 Å². The van der Waals surface area contributed by atoms with Crippen molar-refractivity contribution in [1.82, 2.24) is 24.2 Å². The zero-order valence-corrected chi connectivity index (χ0v) is 17.6. The molecule has 1 atom stereocenters. The lowest BCUT2D eigenvalue weighted by molar-refractivity contribution is -0.142. The molecule has 0 N–H and O–H groups in total. The number of likely N-dealkylation sites (tertiary alicyclic amines) is 1. The van der Waals surface area contributed by atoms with Gasteiger partial charge in [0.15, 0.2) is 4.77 Å². The van der Waals surface area contributed by atoms with Gasteiger partial charge >= 0.3 is 5.97 Å². The predicted molar refractivity (Wildman–Crippen MR) is 111 cm³/mol. The van der Waals surface area contributed by atoms with Crippen LogP contribution in [-0.4, -0.2) is 43.4 Å². The molecule has 4 rings (SSSR count). The van der Waals surface area contributed by atoms with Gasteiger partial charge in [-0.2, -0.15) is 5.10 Å². The maximum atomic E-state index is 11.8. The summed E-state index contributed by atoms with van der Waals surface area (Å²) in [5.41, 5.74) is 1.06. The minimum Gasteiger partial charge on any atom is -0.466 e. The number of aromatic nitrogens is 4. The number of benzene rings is 1. The van der Waals surface area contributed by atoms with Gasteiger partial charge in [-0.3, -0.25) is 9.69 Å². The van der Waals surface area contributed by atoms with Crippen LogP contribution in [0, 0.1) is 4.77 Å². The van der Waals surface area contributed by atoms with Crippen LogP contribution >= 0.6 is 23.6 Å². The molecule has 0 unspecified atom stereocenters. The molecule has 3 heterocycles. The Kier molecular flexibility index (Phi) is 5.56. The molecule has 0 amide bonds. The molecule has 1 fully saturated rings. The largest absolute Gasteiger partial charge is 0.466 e. The molecule has 0 radical (unpaired) electrons. The fourth-order valence-corrected chi connectivity index (χ4v) is 4.94. The van der Waals surface area contributed by atoms with Crippen molar-refractivity contribution in [3.8, 4) is 0 Å². The van der Waals surface area contributed by atoms with Gasteiger partial charge < -0.3 is 9.30 Å². The normalized spacial score (nSPS) is 17.4. The highest BCUT2D eigenvalue weighted by Gasteiger charge is 2.29. The Hall–Kier alpha value is -2.10. The second-order valence-electron chi connectivity index (χ2n) is 6.87. The average Bonchev–Trinajstić information content (AvgIpc) is 3.37. The molecule has 0 spiro atoms. The molecule has 1 aliphatic rings. The van der Waals surface area contributed by atoms with Crippen molar-refractivity contribution in [3.05, 3.63) is 39.9 Å². The van der Waals surface area contributed by atoms with Gasteiger partial charge in [-0.25, -0.2) is 9.67 Å². The van der Waals surface area contributed by atoms with Crippen molar-refractivity contribution in [2.24, 2.45) is 7.05 Å². The van der Waals surface area contributed by atoms with Crippen molar-refractivity contribution in [1.29, 1.82) is 0 Å². The van der Waals surface area contributed by atoms with Crippen LogP contribution in [0.2, 0.25) is 0 Å². The number of carbonyl (C=O) groups is 1. The molecule has 2 aromatic heterocycles. The quantitative estimate of drug-likeness (QED) is 0.452. The molecule has 1 aliphatic heterocycles. The predicted octanol–water partition coefficient (Wildman–Crippen LogP) is 3.46. The van der Waals surface area contributed by atoms with Gasteiger partial charge in [0.1, 0.15) is 17.3 Å². The van der Waals surface area contributed by atoms with Crippen LogP contribution in [0.5, 0.6) is 0 Å². The van der Waals surface area contributed by atoms with Gasteiger partial charge in [-0.05, 0) is 44.1 Å². The fraction of sp³-hybridized carbons (Fsp3) is 0.474. The van der Waals surface area contributed by atoms with Gasteiger partial charge in [0, 0.05) is 13.6 Å². The zero-order chi connectivity index (χ0) is 19.7. The SMILES string of the molecule is CCOC(=O)Cc1nn(CN2CCC[C@H]2c2nc3ccccc3s2)c(=S)n1C. The monoisotopic (exact) mass is 417 g/mol. The molecule has 9 heteroatoms. The van der Waals surface area contributed by atoms with E-state index in [1.807, 2.05) is 13.1 Å². The summed E-state index contributed by atoms with van der Waals surface area (Å²) in [4.78, 5) is 19.0. The lowest BCUT2D eigenvalue weighted by Crippen LogP contribution is -2.27. The van der Waals surface area contributed by atoms with Crippen molar-refractivity contribution >= 4 is 39.7 Å². The molecule has 0 saturated carbocycles. The maximum absolute atomic E-state index is 11.8. The maximum Gasteiger partial charge on any atom is 0.313 e. The Bertz CT molecular complexity index is 1020. The third-order valence-corrected chi connectivity index (χ3v) is 6.64. The minimum atomic E-state index is -0.286. The summed E-state index contributed by atoms with van der Waals surface area (Å²) in [6.45, 7) is 3.73. The second kappa shape index (κ2) is 8.10. The molecular formula is C19H23N5O2S2. The molecule has 3 aromatic rings. The van der Waals surface area contributed by atoms with Crippen molar-refractivity contribution < 1.29 is 9.53 Å². The number of hydrogen-bond acceptors (Lipinski definition) is 7. The summed E-state index contributed by atoms with van der Waals surface area (Å²) in [6, 6.07) is 8.53. The molecule has 148 valence electrons. The first kappa shape index (κ1) is 19.2. The third-order valence-electron chi connectivity index (χ3n) is 5.01. The lowest BCUT2D eigenvalue weighted by atomic mass is 10.2. The van der Waals surface area contributed by atoms with Crippen molar-refractivity contribution in [3.63, 3.8) is 0 Å². The summed E-state index contributed by atoms with van der Waals surface area (Å²) in [7, 11) is 1.84. The van der Waals surface area contributed by atoms with Crippen LogP contribution in [0.15, 0.2) is 24.3 Å². The summed E-state index contributed by atoms with van der Waals surface area (Å²) in [5, 5.41) is 5.73. The van der Waals surface area contributed by atoms with Crippen molar-refractivity contribution in [2.45, 2.75) is 38.9 Å². The first-order chi connectivity index (χ1) is 13.6. The highest BCUT2D eigenvalue weighted by atomic mass is 32.1. The van der Waals surface area contributed by atoms with Crippen LogP contribution in [0.4, 0.5) is 0 Å². The van der Waals surface area contributed by atoms with Crippen LogP contribution in [0.1, 0.15) is 36.6 Å². The summed E-state index contributed by atoms with van der Waals surface area (Å²) >= 11 is 7.31. The number of esters is 1. The topological polar surface area (TPSA) is 65.2 Å². The Labute approximate surface area is 172 Å². The van der Waals surface area contributed by atoms with E-state index in [4.69, 9.17) is 21.9 Å². The molecule has 1 aromatic carbocycles. The number of carbonyl (C=O) groups excluding carboxylic acids is 1. The van der Waals surface area contributed by atoms with Gasteiger partial charge in [0.2, 0.25) is 0 Å². The van der Waals surface area contributed by atoms with E-state index in [0.29, 0.717) is 23.9 Å². The van der Waals surface area contributed by atoms with Crippen LogP contribution in [-0.2, 0) is 29.7 Å². The summed E-state index contributed by atoms with van der Waals surface area (Å²) < 4.78 is 10.4. The highest BCUT2D eigenvalue weighted by molar-refractivity contribution is 7.71. The van der Waals surface area contributed by atoms with Gasteiger partial charge in [-0.1, -0.05) is 12.1 Å². The second-order valence-corrected chi connectivity index (χ2v) is 8.30. The van der Waals surface area contributed by atoms with Crippen molar-refractivity contribution in [2.75, 3.05) is 13.2 Å². The molecule has 1 saturated heterocycles. The Morgan fingerprint density at radius 2 is 2.21 bits per heavy atom. The first-order valence-electron chi connectivity index (χ1n) is 9.44. The fourth-order valence-electron chi connectivity index (χ4n) is 3.60. The highest BCUT2D eigenvalue weighted by Crippen LogP contribution is 2.36. The number of nitrogens with zero attached hydrogens (tertiary/aromatic N) is 5. The third kappa shape index (κ3) is 3.74. The van der Waals surface area contributed by atoms with E-state index >= 15 is 0 Å². The smallest absolute Gasteiger partial charge is 0.313 e. The number of hydrogen-bond donors (Lipinski definition) is 0. The van der Waals surface area contributed by atoms with E-state index in [1.165, 1.54) is 4.70 Å². The van der Waals surface area contributed by atoms with Gasteiger partial charge in [-0.15, -0.1) is 11.3 Å². The molecular weight excluding hydrogens is 394 g/mol. The zero-order valence-electron chi connectivity index (χ0n) is 16.0. The number of rotatable bonds is 6.